The maximum atomic E-state index is 12.0. The number of carboxylic acids is 1. The van der Waals surface area contributed by atoms with Gasteiger partial charge in [-0.05, 0) is 38.2 Å². The fourth-order valence-corrected chi connectivity index (χ4v) is 2.70. The first-order valence-corrected chi connectivity index (χ1v) is 9.29. The molecule has 26 heavy (non-hydrogen) atoms. The van der Waals surface area contributed by atoms with Crippen molar-refractivity contribution in [3.8, 4) is 0 Å². The van der Waals surface area contributed by atoms with E-state index < -0.39 is 12.1 Å². The van der Waals surface area contributed by atoms with Crippen LogP contribution in [0.1, 0.15) is 45.4 Å². The monoisotopic (exact) mass is 358 g/mol. The summed E-state index contributed by atoms with van der Waals surface area (Å²) in [6.45, 7) is 2.05. The van der Waals surface area contributed by atoms with Crippen LogP contribution in [0.25, 0.3) is 0 Å². The summed E-state index contributed by atoms with van der Waals surface area (Å²) in [7, 11) is 0. The van der Waals surface area contributed by atoms with E-state index in [1.54, 1.807) is 12.2 Å². The zero-order valence-electron chi connectivity index (χ0n) is 15.5. The first-order chi connectivity index (χ1) is 12.5. The maximum absolute atomic E-state index is 12.0. The van der Waals surface area contributed by atoms with Gasteiger partial charge in [0.05, 0.1) is 6.10 Å². The number of carbonyl (C=O) groups excluding carboxylic acids is 1. The lowest BCUT2D eigenvalue weighted by atomic mass is 9.90. The molecule has 0 unspecified atom stereocenters. The summed E-state index contributed by atoms with van der Waals surface area (Å²) in [5.41, 5.74) is 0. The lowest BCUT2D eigenvalue weighted by Gasteiger charge is -2.13. The van der Waals surface area contributed by atoms with Crippen molar-refractivity contribution in [2.75, 3.05) is 0 Å². The van der Waals surface area contributed by atoms with Crippen LogP contribution in [0.5, 0.6) is 0 Å². The van der Waals surface area contributed by atoms with E-state index in [4.69, 9.17) is 5.11 Å². The van der Waals surface area contributed by atoms with Crippen molar-refractivity contribution in [3.05, 3.63) is 60.8 Å². The van der Waals surface area contributed by atoms with Crippen LogP contribution >= 0.6 is 0 Å². The average molecular weight is 358 g/mol. The van der Waals surface area contributed by atoms with Gasteiger partial charge in [-0.3, -0.25) is 9.59 Å². The van der Waals surface area contributed by atoms with Crippen molar-refractivity contribution in [1.29, 1.82) is 0 Å². The predicted octanol–water partition coefficient (Wildman–Crippen LogP) is 4.39. The second-order valence-electron chi connectivity index (χ2n) is 6.36. The minimum absolute atomic E-state index is 0.0306. The fourth-order valence-electron chi connectivity index (χ4n) is 2.70. The summed E-state index contributed by atoms with van der Waals surface area (Å²) < 4.78 is 0. The Labute approximate surface area is 156 Å². The van der Waals surface area contributed by atoms with E-state index in [2.05, 4.69) is 6.92 Å². The molecule has 0 aliphatic heterocycles. The van der Waals surface area contributed by atoms with Crippen LogP contribution in [0.2, 0.25) is 0 Å². The molecule has 0 fully saturated rings. The van der Waals surface area contributed by atoms with Crippen molar-refractivity contribution < 1.29 is 19.8 Å². The molecule has 0 amide bonds. The molecular weight excluding hydrogens is 328 g/mol. The van der Waals surface area contributed by atoms with Crippen molar-refractivity contribution in [1.82, 2.24) is 0 Å². The van der Waals surface area contributed by atoms with Crippen molar-refractivity contribution in [2.45, 2.75) is 51.6 Å². The van der Waals surface area contributed by atoms with Gasteiger partial charge in [0.15, 0.2) is 5.78 Å². The lowest BCUT2D eigenvalue weighted by molar-refractivity contribution is -0.136. The van der Waals surface area contributed by atoms with Crippen molar-refractivity contribution >= 4 is 11.8 Å². The van der Waals surface area contributed by atoms with Gasteiger partial charge in [-0.1, -0.05) is 61.6 Å². The second kappa shape index (κ2) is 13.1. The smallest absolute Gasteiger partial charge is 0.303 e. The maximum Gasteiger partial charge on any atom is 0.303 e. The molecule has 4 heteroatoms. The van der Waals surface area contributed by atoms with Crippen LogP contribution in [-0.4, -0.2) is 28.1 Å². The van der Waals surface area contributed by atoms with Gasteiger partial charge >= 0.3 is 5.97 Å². The number of rotatable bonds is 12. The lowest BCUT2D eigenvalue weighted by Crippen LogP contribution is -2.14. The van der Waals surface area contributed by atoms with E-state index in [9.17, 15) is 14.7 Å². The van der Waals surface area contributed by atoms with E-state index >= 15 is 0 Å². The van der Waals surface area contributed by atoms with Gasteiger partial charge < -0.3 is 10.2 Å². The molecule has 0 saturated carbocycles. The number of aliphatic hydroxyl groups is 1. The number of ketones is 1. The highest BCUT2D eigenvalue weighted by atomic mass is 16.4. The van der Waals surface area contributed by atoms with E-state index in [0.29, 0.717) is 19.3 Å². The summed E-state index contributed by atoms with van der Waals surface area (Å²) >= 11 is 0. The van der Waals surface area contributed by atoms with Gasteiger partial charge in [-0.15, -0.1) is 0 Å². The molecule has 0 saturated heterocycles. The van der Waals surface area contributed by atoms with Gasteiger partial charge in [-0.25, -0.2) is 0 Å². The van der Waals surface area contributed by atoms with Crippen molar-refractivity contribution in [3.63, 3.8) is 0 Å². The first-order valence-electron chi connectivity index (χ1n) is 9.29. The molecule has 1 aliphatic rings. The molecule has 0 bridgehead atoms. The van der Waals surface area contributed by atoms with Gasteiger partial charge in [-0.2, -0.15) is 0 Å². The summed E-state index contributed by atoms with van der Waals surface area (Å²) in [6.07, 6.45) is 22.1. The highest BCUT2D eigenvalue weighted by Crippen LogP contribution is 2.27. The van der Waals surface area contributed by atoms with Gasteiger partial charge in [0, 0.05) is 18.3 Å². The third kappa shape index (κ3) is 9.33. The SMILES string of the molecule is CC/C=C\C[C@H](O)/C=C/[C@H]1C=CC(=O)[C@H]1C/C=C\C/C=C\CCC(=O)O. The standard InChI is InChI=1S/C22H30O4/c1-2-3-8-11-19(23)16-14-18-15-17-21(24)20(18)12-9-6-4-5-7-10-13-22(25)26/h3,5-9,14-20,23H,2,4,10-13H2,1H3,(H,25,26)/b7-5-,8-3-,9-6-,16-14+/t18-,19-,20-/m0/s1. The topological polar surface area (TPSA) is 74.6 Å². The summed E-state index contributed by atoms with van der Waals surface area (Å²) in [5.74, 6) is -0.732. The number of aliphatic carboxylic acids is 1. The second-order valence-corrected chi connectivity index (χ2v) is 6.36. The Balaban J connectivity index is 2.39. The van der Waals surface area contributed by atoms with Crippen LogP contribution in [0.4, 0.5) is 0 Å². The van der Waals surface area contributed by atoms with Crippen LogP contribution in [0.15, 0.2) is 60.8 Å². The summed E-state index contributed by atoms with van der Waals surface area (Å²) in [6, 6.07) is 0. The zero-order valence-corrected chi connectivity index (χ0v) is 15.5. The van der Waals surface area contributed by atoms with Crippen LogP contribution < -0.4 is 0 Å². The Morgan fingerprint density at radius 2 is 1.96 bits per heavy atom. The summed E-state index contributed by atoms with van der Waals surface area (Å²) in [4.78, 5) is 22.4. The van der Waals surface area contributed by atoms with Crippen LogP contribution in [0, 0.1) is 11.8 Å². The Morgan fingerprint density at radius 3 is 2.69 bits per heavy atom. The van der Waals surface area contributed by atoms with E-state index in [1.807, 2.05) is 48.6 Å². The number of allylic oxidation sites excluding steroid dienone is 8. The van der Waals surface area contributed by atoms with Gasteiger partial charge in [0.25, 0.3) is 0 Å². The van der Waals surface area contributed by atoms with E-state index in [-0.39, 0.29) is 24.0 Å². The molecule has 142 valence electrons. The molecule has 0 aromatic rings. The molecule has 1 rings (SSSR count). The quantitative estimate of drug-likeness (QED) is 0.507. The normalized spacial score (nSPS) is 21.8. The number of carboxylic acid groups (broad SMARTS) is 1. The minimum Gasteiger partial charge on any atom is -0.481 e. The van der Waals surface area contributed by atoms with Gasteiger partial charge in [0.2, 0.25) is 0 Å². The number of hydrogen-bond acceptors (Lipinski definition) is 3. The molecule has 4 nitrogen and oxygen atoms in total. The highest BCUT2D eigenvalue weighted by molar-refractivity contribution is 5.95. The minimum atomic E-state index is -0.789. The molecule has 0 heterocycles. The van der Waals surface area contributed by atoms with E-state index in [1.165, 1.54) is 0 Å². The molecule has 0 aromatic carbocycles. The fraction of sp³-hybridized carbons (Fsp3) is 0.455. The number of carbonyl (C=O) groups is 2. The highest BCUT2D eigenvalue weighted by Gasteiger charge is 2.27. The third-order valence-corrected chi connectivity index (χ3v) is 4.17. The van der Waals surface area contributed by atoms with Crippen molar-refractivity contribution in [2.24, 2.45) is 11.8 Å². The Morgan fingerprint density at radius 1 is 1.19 bits per heavy atom. The molecule has 2 N–H and O–H groups in total. The zero-order chi connectivity index (χ0) is 19.2. The Kier molecular flexibility index (Phi) is 11.0. The van der Waals surface area contributed by atoms with Crippen LogP contribution in [0.3, 0.4) is 0 Å². The molecule has 0 aromatic heterocycles. The average Bonchev–Trinajstić information content (AvgIpc) is 2.95. The molecule has 0 spiro atoms. The molecule has 3 atom stereocenters. The Bertz CT molecular complexity index is 581. The first kappa shape index (κ1) is 21.8. The largest absolute Gasteiger partial charge is 0.481 e. The van der Waals surface area contributed by atoms with Crippen LogP contribution in [-0.2, 0) is 9.59 Å². The number of aliphatic hydroxyl groups excluding tert-OH is 1. The predicted molar refractivity (Wildman–Crippen MR) is 105 cm³/mol. The molecule has 1 aliphatic carbocycles. The van der Waals surface area contributed by atoms with E-state index in [0.717, 1.165) is 12.8 Å². The Hall–Kier alpha value is -2.20. The molecular formula is C22H30O4. The summed E-state index contributed by atoms with van der Waals surface area (Å²) in [5, 5.41) is 18.5. The van der Waals surface area contributed by atoms with Gasteiger partial charge in [0.1, 0.15) is 0 Å². The molecule has 0 radical (unpaired) electrons. The third-order valence-electron chi connectivity index (χ3n) is 4.17. The number of hydrogen-bond donors (Lipinski definition) is 2.